The Hall–Kier alpha value is -0.830. The summed E-state index contributed by atoms with van der Waals surface area (Å²) in [5.41, 5.74) is -0.592. The number of carbonyl (C=O) groups excluding carboxylic acids is 1. The quantitative estimate of drug-likeness (QED) is 0.481. The maximum atomic E-state index is 10.7. The summed E-state index contributed by atoms with van der Waals surface area (Å²) in [6, 6.07) is 0. The largest absolute Gasteiger partial charge is 0.453 e. The van der Waals surface area contributed by atoms with Gasteiger partial charge < -0.3 is 9.84 Å². The maximum Gasteiger partial charge on any atom is 0.330 e. The van der Waals surface area contributed by atoms with E-state index in [1.165, 1.54) is 0 Å². The number of rotatable bonds is 3. The Morgan fingerprint density at radius 3 is 2.64 bits per heavy atom. The number of ether oxygens (including phenoxy) is 1. The first kappa shape index (κ1) is 8.27. The second kappa shape index (κ2) is 2.66. The highest BCUT2D eigenvalue weighted by atomic mass is 16.6. The molecule has 1 rings (SSSR count). The number of aliphatic hydroxyl groups excluding tert-OH is 1. The zero-order valence-electron chi connectivity index (χ0n) is 6.54. The molecule has 0 saturated heterocycles. The lowest BCUT2D eigenvalue weighted by Gasteiger charge is -2.17. The summed E-state index contributed by atoms with van der Waals surface area (Å²) in [6.45, 7) is 4.90. The van der Waals surface area contributed by atoms with Crippen LogP contribution in [0.5, 0.6) is 0 Å². The van der Waals surface area contributed by atoms with E-state index in [-0.39, 0.29) is 0 Å². The van der Waals surface area contributed by atoms with Gasteiger partial charge in [-0.25, -0.2) is 4.79 Å². The van der Waals surface area contributed by atoms with Crippen LogP contribution < -0.4 is 0 Å². The highest BCUT2D eigenvalue weighted by Gasteiger charge is 2.50. The van der Waals surface area contributed by atoms with Gasteiger partial charge in [0.1, 0.15) is 5.60 Å². The lowest BCUT2D eigenvalue weighted by atomic mass is 10.2. The molecule has 0 aromatic carbocycles. The minimum absolute atomic E-state index is 0.455. The zero-order valence-corrected chi connectivity index (χ0v) is 6.54. The van der Waals surface area contributed by atoms with Crippen LogP contribution in [0.25, 0.3) is 0 Å². The van der Waals surface area contributed by atoms with Gasteiger partial charge in [-0.2, -0.15) is 0 Å². The fourth-order valence-corrected chi connectivity index (χ4v) is 0.970. The van der Waals surface area contributed by atoms with Crippen LogP contribution in [0.1, 0.15) is 19.8 Å². The van der Waals surface area contributed by atoms with Crippen LogP contribution in [0.4, 0.5) is 0 Å². The summed E-state index contributed by atoms with van der Waals surface area (Å²) in [4.78, 5) is 10.7. The maximum absolute atomic E-state index is 10.7. The van der Waals surface area contributed by atoms with E-state index < -0.39 is 17.7 Å². The number of carbonyl (C=O) groups is 1. The SMILES string of the molecule is C=CC(=O)OC1(C(C)O)CC1. The molecule has 3 heteroatoms. The molecular formula is C8H12O3. The van der Waals surface area contributed by atoms with Crippen LogP contribution in [0.2, 0.25) is 0 Å². The number of hydrogen-bond donors (Lipinski definition) is 1. The molecule has 0 bridgehead atoms. The van der Waals surface area contributed by atoms with Crippen LogP contribution in [0.15, 0.2) is 12.7 Å². The van der Waals surface area contributed by atoms with Gasteiger partial charge in [-0.1, -0.05) is 6.58 Å². The molecule has 0 amide bonds. The van der Waals surface area contributed by atoms with Gasteiger partial charge in [0.15, 0.2) is 0 Å². The number of hydrogen-bond acceptors (Lipinski definition) is 3. The van der Waals surface area contributed by atoms with Gasteiger partial charge in [-0.15, -0.1) is 0 Å². The smallest absolute Gasteiger partial charge is 0.330 e. The van der Waals surface area contributed by atoms with Gasteiger partial charge in [0.25, 0.3) is 0 Å². The molecule has 1 saturated carbocycles. The van der Waals surface area contributed by atoms with Crippen molar-refractivity contribution in [2.75, 3.05) is 0 Å². The standard InChI is InChI=1S/C8H12O3/c1-3-7(10)11-8(4-5-8)6(2)9/h3,6,9H,1,4-5H2,2H3. The fourth-order valence-electron chi connectivity index (χ4n) is 0.970. The van der Waals surface area contributed by atoms with Gasteiger partial charge in [-0.3, -0.25) is 0 Å². The van der Waals surface area contributed by atoms with Crippen LogP contribution in [0.3, 0.4) is 0 Å². The van der Waals surface area contributed by atoms with Crippen molar-refractivity contribution < 1.29 is 14.6 Å². The number of esters is 1. The van der Waals surface area contributed by atoms with Crippen LogP contribution in [0, 0.1) is 0 Å². The van der Waals surface area contributed by atoms with Gasteiger partial charge in [0.05, 0.1) is 6.10 Å². The Bertz CT molecular complexity index is 180. The molecule has 0 spiro atoms. The first-order valence-electron chi connectivity index (χ1n) is 3.64. The van der Waals surface area contributed by atoms with Crippen LogP contribution in [-0.4, -0.2) is 22.8 Å². The lowest BCUT2D eigenvalue weighted by molar-refractivity contribution is -0.151. The van der Waals surface area contributed by atoms with Crippen molar-refractivity contribution in [3.05, 3.63) is 12.7 Å². The van der Waals surface area contributed by atoms with Crippen molar-refractivity contribution in [2.45, 2.75) is 31.5 Å². The molecule has 1 fully saturated rings. The van der Waals surface area contributed by atoms with E-state index in [0.29, 0.717) is 0 Å². The van der Waals surface area contributed by atoms with E-state index in [0.717, 1.165) is 18.9 Å². The predicted octanol–water partition coefficient (Wildman–Crippen LogP) is 0.629. The third-order valence-corrected chi connectivity index (χ3v) is 1.97. The first-order valence-corrected chi connectivity index (χ1v) is 3.64. The Morgan fingerprint density at radius 2 is 2.36 bits per heavy atom. The van der Waals surface area contributed by atoms with Gasteiger partial charge in [-0.05, 0) is 19.8 Å². The average Bonchev–Trinajstić information content (AvgIpc) is 2.69. The molecule has 1 N–H and O–H groups in total. The molecule has 11 heavy (non-hydrogen) atoms. The van der Waals surface area contributed by atoms with Crippen molar-refractivity contribution >= 4 is 5.97 Å². The molecule has 1 atom stereocenters. The van der Waals surface area contributed by atoms with E-state index >= 15 is 0 Å². The summed E-state index contributed by atoms with van der Waals surface area (Å²) in [6.07, 6.45) is 2.04. The minimum Gasteiger partial charge on any atom is -0.453 e. The predicted molar refractivity (Wildman–Crippen MR) is 39.9 cm³/mol. The van der Waals surface area contributed by atoms with Gasteiger partial charge in [0.2, 0.25) is 0 Å². The molecule has 0 aliphatic heterocycles. The van der Waals surface area contributed by atoms with Crippen molar-refractivity contribution in [1.29, 1.82) is 0 Å². The zero-order chi connectivity index (χ0) is 8.48. The summed E-state index contributed by atoms with van der Waals surface area (Å²) in [5.74, 6) is -0.455. The molecular weight excluding hydrogens is 144 g/mol. The van der Waals surface area contributed by atoms with Crippen molar-refractivity contribution in [1.82, 2.24) is 0 Å². The highest BCUT2D eigenvalue weighted by molar-refractivity contribution is 5.81. The molecule has 1 unspecified atom stereocenters. The Morgan fingerprint density at radius 1 is 1.82 bits per heavy atom. The van der Waals surface area contributed by atoms with E-state index in [9.17, 15) is 9.90 Å². The van der Waals surface area contributed by atoms with E-state index in [2.05, 4.69) is 6.58 Å². The minimum atomic E-state index is -0.592. The second-order valence-corrected chi connectivity index (χ2v) is 2.87. The second-order valence-electron chi connectivity index (χ2n) is 2.87. The van der Waals surface area contributed by atoms with E-state index in [1.807, 2.05) is 0 Å². The third-order valence-electron chi connectivity index (χ3n) is 1.97. The molecule has 62 valence electrons. The van der Waals surface area contributed by atoms with Crippen molar-refractivity contribution in [2.24, 2.45) is 0 Å². The molecule has 0 heterocycles. The highest BCUT2D eigenvalue weighted by Crippen LogP contribution is 2.42. The number of aliphatic hydroxyl groups is 1. The van der Waals surface area contributed by atoms with E-state index in [4.69, 9.17) is 4.74 Å². The summed E-state index contributed by atoms with van der Waals surface area (Å²) >= 11 is 0. The van der Waals surface area contributed by atoms with Crippen molar-refractivity contribution in [3.8, 4) is 0 Å². The summed E-state index contributed by atoms with van der Waals surface area (Å²) < 4.78 is 4.95. The molecule has 1 aliphatic rings. The Kier molecular flexibility index (Phi) is 2.00. The third kappa shape index (κ3) is 1.60. The molecule has 0 radical (unpaired) electrons. The Labute approximate surface area is 65.7 Å². The van der Waals surface area contributed by atoms with E-state index in [1.54, 1.807) is 6.92 Å². The fraction of sp³-hybridized carbons (Fsp3) is 0.625. The average molecular weight is 156 g/mol. The van der Waals surface area contributed by atoms with Gasteiger partial charge >= 0.3 is 5.97 Å². The summed E-state index contributed by atoms with van der Waals surface area (Å²) in [5, 5.41) is 9.18. The normalized spacial score (nSPS) is 22.0. The van der Waals surface area contributed by atoms with Crippen molar-refractivity contribution in [3.63, 3.8) is 0 Å². The monoisotopic (exact) mass is 156 g/mol. The molecule has 0 aromatic heterocycles. The summed E-state index contributed by atoms with van der Waals surface area (Å²) in [7, 11) is 0. The molecule has 1 aliphatic carbocycles. The first-order chi connectivity index (χ1) is 5.10. The topological polar surface area (TPSA) is 46.5 Å². The van der Waals surface area contributed by atoms with Gasteiger partial charge in [0, 0.05) is 6.08 Å². The Balaban J connectivity index is 2.48. The van der Waals surface area contributed by atoms with Crippen LogP contribution in [-0.2, 0) is 9.53 Å². The molecule has 0 aromatic rings. The molecule has 3 nitrogen and oxygen atoms in total. The lowest BCUT2D eigenvalue weighted by Crippen LogP contribution is -2.30. The van der Waals surface area contributed by atoms with Crippen LogP contribution >= 0.6 is 0 Å².